The van der Waals surface area contributed by atoms with Crippen LogP contribution in [0.15, 0.2) is 39.8 Å². The molecule has 0 aliphatic carbocycles. The maximum Gasteiger partial charge on any atom is 0.241 e. The monoisotopic (exact) mass is 311 g/mol. The van der Waals surface area contributed by atoms with E-state index in [1.165, 1.54) is 26.5 Å². The lowest BCUT2D eigenvalue weighted by Crippen LogP contribution is -2.23. The van der Waals surface area contributed by atoms with Crippen molar-refractivity contribution in [2.75, 3.05) is 14.2 Å². The number of rotatable bonds is 6. The summed E-state index contributed by atoms with van der Waals surface area (Å²) in [5.41, 5.74) is 0.569. The standard InChI is InChI=1S/C14H17NO5S/c1-10-7-12(18-2)13(19-3)8-14(10)21(16,17)15-9-11-5-4-6-20-11/h4-8,15H,9H2,1-3H3. The highest BCUT2D eigenvalue weighted by molar-refractivity contribution is 7.89. The van der Waals surface area contributed by atoms with Crippen LogP contribution in [0.2, 0.25) is 0 Å². The van der Waals surface area contributed by atoms with Crippen molar-refractivity contribution < 1.29 is 22.3 Å². The Bertz CT molecular complexity index is 707. The van der Waals surface area contributed by atoms with Crippen LogP contribution in [-0.4, -0.2) is 22.6 Å². The second-order valence-corrected chi connectivity index (χ2v) is 6.11. The van der Waals surface area contributed by atoms with E-state index in [0.29, 0.717) is 22.8 Å². The molecule has 0 atom stereocenters. The van der Waals surface area contributed by atoms with Gasteiger partial charge in [0.25, 0.3) is 0 Å². The third-order valence-corrected chi connectivity index (χ3v) is 4.53. The Kier molecular flexibility index (Phi) is 4.54. The zero-order valence-electron chi connectivity index (χ0n) is 12.0. The summed E-state index contributed by atoms with van der Waals surface area (Å²) < 4.78 is 42.6. The number of methoxy groups -OCH3 is 2. The van der Waals surface area contributed by atoms with Gasteiger partial charge in [-0.3, -0.25) is 0 Å². The molecule has 0 amide bonds. The van der Waals surface area contributed by atoms with Crippen molar-refractivity contribution in [2.24, 2.45) is 0 Å². The molecule has 0 fully saturated rings. The highest BCUT2D eigenvalue weighted by Crippen LogP contribution is 2.32. The van der Waals surface area contributed by atoms with Crippen LogP contribution in [0.25, 0.3) is 0 Å². The summed E-state index contributed by atoms with van der Waals surface area (Å²) in [5.74, 6) is 1.39. The first-order chi connectivity index (χ1) is 9.97. The number of sulfonamides is 1. The molecular formula is C14H17NO5S. The average Bonchev–Trinajstić information content (AvgIpc) is 2.98. The summed E-state index contributed by atoms with van der Waals surface area (Å²) in [7, 11) is -0.711. The molecule has 1 aromatic carbocycles. The van der Waals surface area contributed by atoms with Gasteiger partial charge in [-0.1, -0.05) is 0 Å². The summed E-state index contributed by atoms with van der Waals surface area (Å²) in [5, 5.41) is 0. The SMILES string of the molecule is COc1cc(C)c(S(=O)(=O)NCc2ccco2)cc1OC. The zero-order chi connectivity index (χ0) is 15.5. The van der Waals surface area contributed by atoms with Gasteiger partial charge in [0.15, 0.2) is 11.5 Å². The van der Waals surface area contributed by atoms with Crippen LogP contribution in [0.1, 0.15) is 11.3 Å². The summed E-state index contributed by atoms with van der Waals surface area (Å²) in [4.78, 5) is 0.145. The van der Waals surface area contributed by atoms with E-state index in [4.69, 9.17) is 13.9 Å². The molecule has 0 saturated carbocycles. The van der Waals surface area contributed by atoms with Gasteiger partial charge in [0.1, 0.15) is 5.76 Å². The van der Waals surface area contributed by atoms with E-state index in [9.17, 15) is 8.42 Å². The van der Waals surface area contributed by atoms with Crippen LogP contribution in [0, 0.1) is 6.92 Å². The van der Waals surface area contributed by atoms with Gasteiger partial charge in [-0.25, -0.2) is 13.1 Å². The highest BCUT2D eigenvalue weighted by Gasteiger charge is 2.20. The molecule has 114 valence electrons. The first-order valence-electron chi connectivity index (χ1n) is 6.22. The smallest absolute Gasteiger partial charge is 0.241 e. The number of benzene rings is 1. The summed E-state index contributed by atoms with van der Waals surface area (Å²) >= 11 is 0. The minimum Gasteiger partial charge on any atom is -0.493 e. The molecule has 0 unspecified atom stereocenters. The van der Waals surface area contributed by atoms with Crippen molar-refractivity contribution in [3.8, 4) is 11.5 Å². The van der Waals surface area contributed by atoms with Crippen LogP contribution >= 0.6 is 0 Å². The molecule has 0 spiro atoms. The normalized spacial score (nSPS) is 11.4. The van der Waals surface area contributed by atoms with Gasteiger partial charge in [0.2, 0.25) is 10.0 Å². The van der Waals surface area contributed by atoms with Gasteiger partial charge in [-0.15, -0.1) is 0 Å². The number of hydrogen-bond acceptors (Lipinski definition) is 5. The summed E-state index contributed by atoms with van der Waals surface area (Å²) in [6.45, 7) is 1.78. The molecule has 2 rings (SSSR count). The van der Waals surface area contributed by atoms with Crippen molar-refractivity contribution >= 4 is 10.0 Å². The first-order valence-corrected chi connectivity index (χ1v) is 7.71. The molecule has 0 saturated heterocycles. The van der Waals surface area contributed by atoms with Crippen LogP contribution in [0.5, 0.6) is 11.5 Å². The van der Waals surface area contributed by atoms with Gasteiger partial charge in [-0.05, 0) is 30.7 Å². The quantitative estimate of drug-likeness (QED) is 0.884. The fourth-order valence-electron chi connectivity index (χ4n) is 1.91. The Labute approximate surface area is 123 Å². The number of nitrogens with one attached hydrogen (secondary N) is 1. The number of ether oxygens (including phenoxy) is 2. The van der Waals surface area contributed by atoms with Gasteiger partial charge in [-0.2, -0.15) is 0 Å². The van der Waals surface area contributed by atoms with E-state index < -0.39 is 10.0 Å². The van der Waals surface area contributed by atoms with Crippen LogP contribution < -0.4 is 14.2 Å². The van der Waals surface area contributed by atoms with Crippen molar-refractivity contribution in [1.82, 2.24) is 4.72 Å². The number of furan rings is 1. The van der Waals surface area contributed by atoms with Crippen LogP contribution in [0.4, 0.5) is 0 Å². The van der Waals surface area contributed by atoms with Crippen molar-refractivity contribution in [3.63, 3.8) is 0 Å². The Morgan fingerprint density at radius 1 is 1.19 bits per heavy atom. The molecule has 0 radical (unpaired) electrons. The third kappa shape index (κ3) is 3.37. The number of hydrogen-bond donors (Lipinski definition) is 1. The van der Waals surface area contributed by atoms with Crippen molar-refractivity contribution in [2.45, 2.75) is 18.4 Å². The third-order valence-electron chi connectivity index (χ3n) is 2.99. The molecule has 1 aromatic heterocycles. The van der Waals surface area contributed by atoms with E-state index >= 15 is 0 Å². The van der Waals surface area contributed by atoms with E-state index in [-0.39, 0.29) is 11.4 Å². The fraction of sp³-hybridized carbons (Fsp3) is 0.286. The fourth-order valence-corrected chi connectivity index (χ4v) is 3.14. The maximum absolute atomic E-state index is 12.4. The van der Waals surface area contributed by atoms with Gasteiger partial charge >= 0.3 is 0 Å². The second-order valence-electron chi connectivity index (χ2n) is 4.38. The van der Waals surface area contributed by atoms with E-state index in [1.54, 1.807) is 25.1 Å². The Hall–Kier alpha value is -1.99. The molecule has 0 aliphatic heterocycles. The largest absolute Gasteiger partial charge is 0.493 e. The molecule has 1 N–H and O–H groups in total. The summed E-state index contributed by atoms with van der Waals surface area (Å²) in [6, 6.07) is 6.47. The lowest BCUT2D eigenvalue weighted by molar-refractivity contribution is 0.353. The van der Waals surface area contributed by atoms with Crippen molar-refractivity contribution in [1.29, 1.82) is 0 Å². The lowest BCUT2D eigenvalue weighted by Gasteiger charge is -2.13. The van der Waals surface area contributed by atoms with Gasteiger partial charge in [0.05, 0.1) is 31.9 Å². The predicted octanol–water partition coefficient (Wildman–Crippen LogP) is 2.08. The number of aryl methyl sites for hydroxylation is 1. The minimum atomic E-state index is -3.67. The van der Waals surface area contributed by atoms with E-state index in [1.807, 2.05) is 0 Å². The predicted molar refractivity (Wildman–Crippen MR) is 77.0 cm³/mol. The maximum atomic E-state index is 12.4. The molecular weight excluding hydrogens is 294 g/mol. The molecule has 0 bridgehead atoms. The molecule has 2 aromatic rings. The van der Waals surface area contributed by atoms with Gasteiger partial charge in [0, 0.05) is 6.07 Å². The molecule has 21 heavy (non-hydrogen) atoms. The van der Waals surface area contributed by atoms with E-state index in [0.717, 1.165) is 0 Å². The van der Waals surface area contributed by atoms with Crippen LogP contribution in [-0.2, 0) is 16.6 Å². The van der Waals surface area contributed by atoms with Crippen LogP contribution in [0.3, 0.4) is 0 Å². The van der Waals surface area contributed by atoms with Crippen molar-refractivity contribution in [3.05, 3.63) is 41.9 Å². The minimum absolute atomic E-state index is 0.0864. The molecule has 6 nitrogen and oxygen atoms in total. The highest BCUT2D eigenvalue weighted by atomic mass is 32.2. The Morgan fingerprint density at radius 2 is 1.86 bits per heavy atom. The summed E-state index contributed by atoms with van der Waals surface area (Å²) in [6.07, 6.45) is 1.49. The first kappa shape index (κ1) is 15.4. The average molecular weight is 311 g/mol. The Morgan fingerprint density at radius 3 is 2.43 bits per heavy atom. The second kappa shape index (κ2) is 6.19. The molecule has 1 heterocycles. The zero-order valence-corrected chi connectivity index (χ0v) is 12.9. The van der Waals surface area contributed by atoms with E-state index in [2.05, 4.69) is 4.72 Å². The Balaban J connectivity index is 2.31. The molecule has 0 aliphatic rings. The lowest BCUT2D eigenvalue weighted by atomic mass is 10.2. The molecule has 7 heteroatoms. The topological polar surface area (TPSA) is 77.8 Å². The van der Waals surface area contributed by atoms with Gasteiger partial charge < -0.3 is 13.9 Å².